The number of nitrogens with zero attached hydrogens (tertiary/aromatic N) is 2. The quantitative estimate of drug-likeness (QED) is 0.849. The van der Waals surface area contributed by atoms with Gasteiger partial charge in [-0.1, -0.05) is 11.2 Å². The Labute approximate surface area is 119 Å². The van der Waals surface area contributed by atoms with Crippen LogP contribution in [0.1, 0.15) is 30.7 Å². The monoisotopic (exact) mass is 271 g/mol. The molecule has 2 heterocycles. The van der Waals surface area contributed by atoms with Crippen molar-refractivity contribution in [2.75, 3.05) is 23.7 Å². The largest absolute Gasteiger partial charge is 0.397 e. The fourth-order valence-electron chi connectivity index (χ4n) is 3.03. The van der Waals surface area contributed by atoms with Crippen LogP contribution in [0.3, 0.4) is 0 Å². The molecule has 1 fully saturated rings. The van der Waals surface area contributed by atoms with Crippen LogP contribution in [0.2, 0.25) is 0 Å². The van der Waals surface area contributed by atoms with Crippen molar-refractivity contribution >= 4 is 11.4 Å². The van der Waals surface area contributed by atoms with Crippen molar-refractivity contribution in [3.63, 3.8) is 0 Å². The highest BCUT2D eigenvalue weighted by Gasteiger charge is 2.16. The maximum Gasteiger partial charge on any atom is 0.141 e. The fraction of sp³-hybridized carbons (Fsp3) is 0.438. The van der Waals surface area contributed by atoms with E-state index in [-0.39, 0.29) is 0 Å². The van der Waals surface area contributed by atoms with Crippen molar-refractivity contribution in [3.8, 4) is 11.1 Å². The first kappa shape index (κ1) is 13.0. The Balaban J connectivity index is 1.95. The van der Waals surface area contributed by atoms with Crippen molar-refractivity contribution in [3.05, 3.63) is 29.7 Å². The van der Waals surface area contributed by atoms with E-state index in [1.54, 1.807) is 0 Å². The smallest absolute Gasteiger partial charge is 0.141 e. The molecule has 4 heteroatoms. The molecular weight excluding hydrogens is 250 g/mol. The minimum Gasteiger partial charge on any atom is -0.397 e. The minimum absolute atomic E-state index is 0.837. The van der Waals surface area contributed by atoms with Gasteiger partial charge < -0.3 is 15.2 Å². The van der Waals surface area contributed by atoms with E-state index < -0.39 is 0 Å². The molecule has 1 aliphatic heterocycles. The highest BCUT2D eigenvalue weighted by molar-refractivity contribution is 5.78. The topological polar surface area (TPSA) is 55.3 Å². The second-order valence-electron chi connectivity index (χ2n) is 5.52. The van der Waals surface area contributed by atoms with Gasteiger partial charge in [0.15, 0.2) is 0 Å². The van der Waals surface area contributed by atoms with E-state index in [1.807, 2.05) is 19.9 Å². The van der Waals surface area contributed by atoms with Crippen LogP contribution < -0.4 is 10.6 Å². The molecule has 0 saturated carbocycles. The number of hydrogen-bond acceptors (Lipinski definition) is 4. The molecule has 2 N–H and O–H groups in total. The van der Waals surface area contributed by atoms with E-state index in [4.69, 9.17) is 10.3 Å². The number of aryl methyl sites for hydroxylation is 2. The lowest BCUT2D eigenvalue weighted by Gasteiger charge is -2.30. The molecule has 20 heavy (non-hydrogen) atoms. The van der Waals surface area contributed by atoms with E-state index >= 15 is 0 Å². The molecule has 0 radical (unpaired) electrons. The van der Waals surface area contributed by atoms with Crippen LogP contribution in [0.4, 0.5) is 11.4 Å². The third kappa shape index (κ3) is 2.26. The number of piperidine rings is 1. The third-order valence-electron chi connectivity index (χ3n) is 4.05. The van der Waals surface area contributed by atoms with Gasteiger partial charge in [0, 0.05) is 18.7 Å². The summed E-state index contributed by atoms with van der Waals surface area (Å²) in [4.78, 5) is 2.38. The van der Waals surface area contributed by atoms with E-state index in [0.717, 1.165) is 47.0 Å². The van der Waals surface area contributed by atoms with Crippen LogP contribution in [0.15, 0.2) is 22.7 Å². The van der Waals surface area contributed by atoms with Crippen LogP contribution in [-0.4, -0.2) is 18.2 Å². The standard InChI is InChI=1S/C16H21N3O/c1-11-16(12(2)20-18-11)13-6-7-15(14(17)10-13)19-8-4-3-5-9-19/h6-7,10H,3-5,8-9,17H2,1-2H3. The Hall–Kier alpha value is -1.97. The molecule has 1 aliphatic rings. The molecule has 0 amide bonds. The van der Waals surface area contributed by atoms with Crippen LogP contribution in [0, 0.1) is 13.8 Å². The molecular formula is C16H21N3O. The maximum absolute atomic E-state index is 6.27. The number of aromatic nitrogens is 1. The Kier molecular flexibility index (Phi) is 3.38. The Bertz CT molecular complexity index is 593. The Morgan fingerprint density at radius 2 is 1.90 bits per heavy atom. The SMILES string of the molecule is Cc1noc(C)c1-c1ccc(N2CCCCC2)c(N)c1. The Morgan fingerprint density at radius 3 is 2.50 bits per heavy atom. The van der Waals surface area contributed by atoms with Gasteiger partial charge in [0.05, 0.1) is 17.1 Å². The molecule has 0 aliphatic carbocycles. The molecule has 4 nitrogen and oxygen atoms in total. The second-order valence-corrected chi connectivity index (χ2v) is 5.52. The predicted molar refractivity (Wildman–Crippen MR) is 81.9 cm³/mol. The summed E-state index contributed by atoms with van der Waals surface area (Å²) in [5.74, 6) is 0.840. The number of anilines is 2. The third-order valence-corrected chi connectivity index (χ3v) is 4.05. The lowest BCUT2D eigenvalue weighted by molar-refractivity contribution is 0.393. The molecule has 0 bridgehead atoms. The van der Waals surface area contributed by atoms with Gasteiger partial charge in [-0.2, -0.15) is 0 Å². The molecule has 1 aromatic carbocycles. The summed E-state index contributed by atoms with van der Waals surface area (Å²) in [7, 11) is 0. The van der Waals surface area contributed by atoms with E-state index in [0.29, 0.717) is 0 Å². The predicted octanol–water partition coefficient (Wildman–Crippen LogP) is 3.53. The molecule has 0 unspecified atom stereocenters. The highest BCUT2D eigenvalue weighted by Crippen LogP contribution is 2.33. The fourth-order valence-corrected chi connectivity index (χ4v) is 3.03. The van der Waals surface area contributed by atoms with Crippen molar-refractivity contribution < 1.29 is 4.52 Å². The van der Waals surface area contributed by atoms with Crippen LogP contribution in [0.5, 0.6) is 0 Å². The summed E-state index contributed by atoms with van der Waals surface area (Å²) in [5.41, 5.74) is 11.3. The molecule has 3 rings (SSSR count). The zero-order valence-corrected chi connectivity index (χ0v) is 12.1. The molecule has 106 valence electrons. The summed E-state index contributed by atoms with van der Waals surface area (Å²) in [6, 6.07) is 6.28. The molecule has 1 aromatic heterocycles. The number of benzene rings is 1. The lowest BCUT2D eigenvalue weighted by Crippen LogP contribution is -2.29. The first-order valence-electron chi connectivity index (χ1n) is 7.24. The van der Waals surface area contributed by atoms with Gasteiger partial charge in [-0.05, 0) is 50.8 Å². The average molecular weight is 271 g/mol. The first-order chi connectivity index (χ1) is 9.66. The maximum atomic E-state index is 6.27. The van der Waals surface area contributed by atoms with E-state index in [1.165, 1.54) is 19.3 Å². The molecule has 1 saturated heterocycles. The van der Waals surface area contributed by atoms with Gasteiger partial charge in [-0.3, -0.25) is 0 Å². The zero-order valence-electron chi connectivity index (χ0n) is 12.1. The highest BCUT2D eigenvalue weighted by atomic mass is 16.5. The number of rotatable bonds is 2. The van der Waals surface area contributed by atoms with Crippen LogP contribution >= 0.6 is 0 Å². The molecule has 0 spiro atoms. The van der Waals surface area contributed by atoms with Crippen molar-refractivity contribution in [1.82, 2.24) is 5.16 Å². The first-order valence-corrected chi connectivity index (χ1v) is 7.24. The summed E-state index contributed by atoms with van der Waals surface area (Å²) >= 11 is 0. The number of hydrogen-bond donors (Lipinski definition) is 1. The van der Waals surface area contributed by atoms with Crippen LogP contribution in [-0.2, 0) is 0 Å². The van der Waals surface area contributed by atoms with E-state index in [2.05, 4.69) is 22.2 Å². The van der Waals surface area contributed by atoms with Gasteiger partial charge in [0.25, 0.3) is 0 Å². The van der Waals surface area contributed by atoms with Gasteiger partial charge in [-0.25, -0.2) is 0 Å². The summed E-state index contributed by atoms with van der Waals surface area (Å²) in [6.45, 7) is 6.11. The van der Waals surface area contributed by atoms with Gasteiger partial charge in [0.1, 0.15) is 5.76 Å². The summed E-state index contributed by atoms with van der Waals surface area (Å²) in [6.07, 6.45) is 3.84. The van der Waals surface area contributed by atoms with Crippen molar-refractivity contribution in [1.29, 1.82) is 0 Å². The summed E-state index contributed by atoms with van der Waals surface area (Å²) in [5, 5.41) is 4.01. The van der Waals surface area contributed by atoms with Gasteiger partial charge >= 0.3 is 0 Å². The zero-order chi connectivity index (χ0) is 14.1. The number of nitrogens with two attached hydrogens (primary N) is 1. The Morgan fingerprint density at radius 1 is 1.15 bits per heavy atom. The number of nitrogen functional groups attached to an aromatic ring is 1. The average Bonchev–Trinajstić information content (AvgIpc) is 2.79. The lowest BCUT2D eigenvalue weighted by atomic mass is 10.0. The second kappa shape index (κ2) is 5.19. The summed E-state index contributed by atoms with van der Waals surface area (Å²) < 4.78 is 5.23. The molecule has 2 aromatic rings. The van der Waals surface area contributed by atoms with Crippen molar-refractivity contribution in [2.24, 2.45) is 0 Å². The normalized spacial score (nSPS) is 15.6. The van der Waals surface area contributed by atoms with Crippen LogP contribution in [0.25, 0.3) is 11.1 Å². The minimum atomic E-state index is 0.837. The van der Waals surface area contributed by atoms with E-state index in [9.17, 15) is 0 Å². The van der Waals surface area contributed by atoms with Gasteiger partial charge in [0.2, 0.25) is 0 Å². The van der Waals surface area contributed by atoms with Crippen molar-refractivity contribution in [2.45, 2.75) is 33.1 Å². The molecule has 0 atom stereocenters. The van der Waals surface area contributed by atoms with Gasteiger partial charge in [-0.15, -0.1) is 0 Å².